The highest BCUT2D eigenvalue weighted by atomic mass is 32.2. The van der Waals surface area contributed by atoms with E-state index in [1.807, 2.05) is 0 Å². The van der Waals surface area contributed by atoms with Crippen molar-refractivity contribution in [2.75, 3.05) is 0 Å². The number of benzene rings is 2. The van der Waals surface area contributed by atoms with E-state index in [9.17, 15) is 12.8 Å². The average Bonchev–Trinajstić information content (AvgIpc) is 3.06. The summed E-state index contributed by atoms with van der Waals surface area (Å²) >= 11 is 0. The lowest BCUT2D eigenvalue weighted by atomic mass is 10.1. The van der Waals surface area contributed by atoms with E-state index in [2.05, 4.69) is 6.92 Å². The first-order valence-corrected chi connectivity index (χ1v) is 9.70. The van der Waals surface area contributed by atoms with Crippen molar-refractivity contribution >= 4 is 10.0 Å². The van der Waals surface area contributed by atoms with Gasteiger partial charge in [-0.25, -0.2) is 12.8 Å². The molecule has 1 atom stereocenters. The smallest absolute Gasteiger partial charge is 0.274 e. The zero-order valence-electron chi connectivity index (χ0n) is 13.9. The van der Waals surface area contributed by atoms with Crippen LogP contribution in [0.2, 0.25) is 0 Å². The molecular weight excluding hydrogens is 341 g/mol. The largest absolute Gasteiger partial charge is 0.395 e. The summed E-state index contributed by atoms with van der Waals surface area (Å²) in [5.41, 5.74) is 0.660. The van der Waals surface area contributed by atoms with Gasteiger partial charge in [0.2, 0.25) is 0 Å². The van der Waals surface area contributed by atoms with Gasteiger partial charge in [0.05, 0.1) is 4.90 Å². The Balaban J connectivity index is 1.97. The van der Waals surface area contributed by atoms with Crippen LogP contribution >= 0.6 is 0 Å². The van der Waals surface area contributed by atoms with Gasteiger partial charge in [-0.3, -0.25) is 0 Å². The van der Waals surface area contributed by atoms with Crippen molar-refractivity contribution in [3.63, 3.8) is 0 Å². The fourth-order valence-corrected chi connectivity index (χ4v) is 4.08. The highest BCUT2D eigenvalue weighted by Crippen LogP contribution is 2.37. The van der Waals surface area contributed by atoms with Gasteiger partial charge in [-0.05, 0) is 46.8 Å². The molecule has 132 valence electrons. The van der Waals surface area contributed by atoms with E-state index < -0.39 is 16.1 Å². The monoisotopic (exact) mass is 361 g/mol. The van der Waals surface area contributed by atoms with Crippen LogP contribution in [0, 0.1) is 5.82 Å². The topological polar surface area (TPSA) is 46.6 Å². The molecule has 2 aromatic carbocycles. The number of hydroxylamine groups is 1. The van der Waals surface area contributed by atoms with Crippen molar-refractivity contribution in [3.05, 3.63) is 77.8 Å². The minimum atomic E-state index is -3.84. The molecule has 2 aromatic rings. The van der Waals surface area contributed by atoms with Crippen molar-refractivity contribution < 1.29 is 17.6 Å². The van der Waals surface area contributed by atoms with Crippen LogP contribution in [0.5, 0.6) is 0 Å². The van der Waals surface area contributed by atoms with Crippen LogP contribution in [0.3, 0.4) is 0 Å². The van der Waals surface area contributed by atoms with E-state index in [0.717, 1.165) is 17.3 Å². The van der Waals surface area contributed by atoms with Gasteiger partial charge in [0.15, 0.2) is 0 Å². The Morgan fingerprint density at radius 2 is 1.76 bits per heavy atom. The molecule has 0 spiro atoms. The minimum absolute atomic E-state index is 0.159. The highest BCUT2D eigenvalue weighted by molar-refractivity contribution is 7.89. The van der Waals surface area contributed by atoms with E-state index in [-0.39, 0.29) is 10.7 Å². The van der Waals surface area contributed by atoms with Gasteiger partial charge in [-0.15, -0.1) is 0 Å². The Labute approximate surface area is 147 Å². The van der Waals surface area contributed by atoms with Crippen molar-refractivity contribution in [2.45, 2.75) is 37.1 Å². The first-order valence-electron chi connectivity index (χ1n) is 8.26. The Morgan fingerprint density at radius 3 is 2.40 bits per heavy atom. The van der Waals surface area contributed by atoms with Crippen LogP contribution < -0.4 is 0 Å². The number of hydrogen-bond donors (Lipinski definition) is 0. The molecule has 0 bridgehead atoms. The minimum Gasteiger partial charge on any atom is -0.395 e. The van der Waals surface area contributed by atoms with Crippen LogP contribution in [0.15, 0.2) is 71.3 Å². The lowest BCUT2D eigenvalue weighted by Gasteiger charge is -2.23. The molecule has 1 heterocycles. The van der Waals surface area contributed by atoms with Crippen molar-refractivity contribution in [1.82, 2.24) is 4.47 Å². The molecule has 4 nitrogen and oxygen atoms in total. The summed E-state index contributed by atoms with van der Waals surface area (Å²) < 4.78 is 40.2. The fourth-order valence-electron chi connectivity index (χ4n) is 2.69. The highest BCUT2D eigenvalue weighted by Gasteiger charge is 2.38. The Morgan fingerprint density at radius 1 is 1.08 bits per heavy atom. The number of halogens is 1. The molecule has 6 heteroatoms. The number of sulfonamides is 1. The number of rotatable bonds is 6. The Bertz CT molecular complexity index is 848. The normalized spacial score (nSPS) is 18.0. The number of hydrogen-bond acceptors (Lipinski definition) is 3. The summed E-state index contributed by atoms with van der Waals surface area (Å²) in [6.07, 6.45) is 4.34. The van der Waals surface area contributed by atoms with Gasteiger partial charge in [0.25, 0.3) is 10.0 Å². The second-order valence-electron chi connectivity index (χ2n) is 5.90. The van der Waals surface area contributed by atoms with Gasteiger partial charge < -0.3 is 4.84 Å². The maximum atomic E-state index is 13.2. The maximum Gasteiger partial charge on any atom is 0.274 e. The standard InChI is InChI=1S/C19H20FNO3S/c1-2-3-7-17-14-19(15-10-12-16(20)13-11-15)21(24-17)25(22,23)18-8-5-4-6-9-18/h4-6,8-14,19H,2-3,7H2,1H3. The van der Waals surface area contributed by atoms with Crippen molar-refractivity contribution in [1.29, 1.82) is 0 Å². The van der Waals surface area contributed by atoms with Gasteiger partial charge >= 0.3 is 0 Å². The average molecular weight is 361 g/mol. The lowest BCUT2D eigenvalue weighted by molar-refractivity contribution is -0.0355. The molecule has 3 rings (SSSR count). The summed E-state index contributed by atoms with van der Waals surface area (Å²) in [7, 11) is -3.84. The van der Waals surface area contributed by atoms with Crippen molar-refractivity contribution in [2.24, 2.45) is 0 Å². The van der Waals surface area contributed by atoms with E-state index in [0.29, 0.717) is 17.7 Å². The second kappa shape index (κ2) is 7.37. The maximum absolute atomic E-state index is 13.2. The first kappa shape index (κ1) is 17.6. The lowest BCUT2D eigenvalue weighted by Crippen LogP contribution is -2.30. The molecule has 1 aliphatic heterocycles. The number of unbranched alkanes of at least 4 members (excludes halogenated alkanes) is 1. The Kier molecular flexibility index (Phi) is 5.20. The Hall–Kier alpha value is -2.18. The van der Waals surface area contributed by atoms with Crippen molar-refractivity contribution in [3.8, 4) is 0 Å². The summed E-state index contributed by atoms with van der Waals surface area (Å²) in [5.74, 6) is 0.256. The van der Waals surface area contributed by atoms with Crippen LogP contribution in [0.25, 0.3) is 0 Å². The molecule has 0 saturated heterocycles. The predicted molar refractivity (Wildman–Crippen MR) is 93.3 cm³/mol. The van der Waals surface area contributed by atoms with Gasteiger partial charge in [-0.2, -0.15) is 0 Å². The van der Waals surface area contributed by atoms with E-state index in [4.69, 9.17) is 4.84 Å². The van der Waals surface area contributed by atoms with Crippen LogP contribution in [0.1, 0.15) is 37.8 Å². The number of allylic oxidation sites excluding steroid dienone is 1. The molecule has 0 aromatic heterocycles. The summed E-state index contributed by atoms with van der Waals surface area (Å²) in [5, 5.41) is 0. The van der Waals surface area contributed by atoms with E-state index in [1.54, 1.807) is 36.4 Å². The SMILES string of the molecule is CCCCC1=CC(c2ccc(F)cc2)N(S(=O)(=O)c2ccccc2)O1. The van der Waals surface area contributed by atoms with E-state index >= 15 is 0 Å². The number of nitrogens with zero attached hydrogens (tertiary/aromatic N) is 1. The van der Waals surface area contributed by atoms with E-state index in [1.165, 1.54) is 24.3 Å². The third kappa shape index (κ3) is 3.75. The zero-order valence-corrected chi connectivity index (χ0v) is 14.7. The third-order valence-electron chi connectivity index (χ3n) is 4.04. The van der Waals surface area contributed by atoms with Gasteiger partial charge in [0, 0.05) is 6.42 Å². The summed E-state index contributed by atoms with van der Waals surface area (Å²) in [4.78, 5) is 5.85. The second-order valence-corrected chi connectivity index (χ2v) is 7.68. The molecule has 1 unspecified atom stereocenters. The zero-order chi connectivity index (χ0) is 17.9. The fraction of sp³-hybridized carbons (Fsp3) is 0.263. The summed E-state index contributed by atoms with van der Waals surface area (Å²) in [6, 6.07) is 13.3. The molecule has 0 N–H and O–H groups in total. The molecule has 0 amide bonds. The third-order valence-corrected chi connectivity index (χ3v) is 5.69. The van der Waals surface area contributed by atoms with Crippen LogP contribution in [-0.2, 0) is 14.9 Å². The molecule has 25 heavy (non-hydrogen) atoms. The van der Waals surface area contributed by atoms with Crippen LogP contribution in [0.4, 0.5) is 4.39 Å². The predicted octanol–water partition coefficient (Wildman–Crippen LogP) is 4.58. The molecular formula is C19H20FNO3S. The molecule has 0 radical (unpaired) electrons. The van der Waals surface area contributed by atoms with Gasteiger partial charge in [-0.1, -0.05) is 43.7 Å². The van der Waals surface area contributed by atoms with Gasteiger partial charge in [0.1, 0.15) is 17.6 Å². The molecule has 0 fully saturated rings. The molecule has 0 saturated carbocycles. The summed E-state index contributed by atoms with van der Waals surface area (Å²) in [6.45, 7) is 2.06. The van der Waals surface area contributed by atoms with Crippen LogP contribution in [-0.4, -0.2) is 12.9 Å². The first-order chi connectivity index (χ1) is 12.0. The molecule has 0 aliphatic carbocycles. The quantitative estimate of drug-likeness (QED) is 0.757. The molecule has 1 aliphatic rings.